The first kappa shape index (κ1) is 20.7. The topological polar surface area (TPSA) is 64.1 Å². The molecule has 4 rings (SSSR count). The average Bonchev–Trinajstić information content (AvgIpc) is 3.23. The number of hydrogen-bond donors (Lipinski definition) is 1. The van der Waals surface area contributed by atoms with Crippen LogP contribution < -0.4 is 10.1 Å². The molecule has 0 fully saturated rings. The molecule has 0 aliphatic carbocycles. The van der Waals surface area contributed by atoms with Crippen molar-refractivity contribution in [2.24, 2.45) is 0 Å². The van der Waals surface area contributed by atoms with Crippen molar-refractivity contribution < 1.29 is 13.9 Å². The lowest BCUT2D eigenvalue weighted by Gasteiger charge is -2.06. The summed E-state index contributed by atoms with van der Waals surface area (Å²) in [4.78, 5) is 16.7. The number of ether oxygens (including phenoxy) is 1. The van der Waals surface area contributed by atoms with E-state index in [1.807, 2.05) is 30.3 Å². The minimum absolute atomic E-state index is 0.125. The molecule has 0 aliphatic rings. The summed E-state index contributed by atoms with van der Waals surface area (Å²) < 4.78 is 23.0. The van der Waals surface area contributed by atoms with Crippen molar-refractivity contribution in [2.45, 2.75) is 12.8 Å². The van der Waals surface area contributed by atoms with Crippen LogP contribution >= 0.6 is 11.5 Å². The van der Waals surface area contributed by atoms with Crippen molar-refractivity contribution in [1.29, 1.82) is 0 Å². The highest BCUT2D eigenvalue weighted by atomic mass is 32.1. The molecule has 156 valence electrons. The van der Waals surface area contributed by atoms with Crippen molar-refractivity contribution in [2.75, 3.05) is 6.54 Å². The summed E-state index contributed by atoms with van der Waals surface area (Å²) in [5.41, 5.74) is 2.67. The van der Waals surface area contributed by atoms with E-state index in [-0.39, 0.29) is 11.7 Å². The van der Waals surface area contributed by atoms with Crippen LogP contribution in [0.1, 0.15) is 27.3 Å². The highest BCUT2D eigenvalue weighted by Crippen LogP contribution is 2.24. The van der Waals surface area contributed by atoms with E-state index in [1.54, 1.807) is 36.4 Å². The van der Waals surface area contributed by atoms with Gasteiger partial charge in [-0.3, -0.25) is 4.79 Å². The maximum atomic E-state index is 13.0. The lowest BCUT2D eigenvalue weighted by molar-refractivity contribution is 0.0954. The van der Waals surface area contributed by atoms with Crippen molar-refractivity contribution in [1.82, 2.24) is 14.7 Å². The second-order valence-electron chi connectivity index (χ2n) is 6.90. The number of nitrogens with zero attached hydrogens (tertiary/aromatic N) is 2. The van der Waals surface area contributed by atoms with Crippen LogP contribution in [0.25, 0.3) is 0 Å². The van der Waals surface area contributed by atoms with Crippen molar-refractivity contribution in [3.8, 4) is 10.9 Å². The molecule has 0 spiro atoms. The van der Waals surface area contributed by atoms with E-state index in [0.717, 1.165) is 23.5 Å². The molecule has 0 saturated heterocycles. The molecule has 3 aromatic carbocycles. The van der Waals surface area contributed by atoms with Crippen LogP contribution in [0.3, 0.4) is 0 Å². The van der Waals surface area contributed by atoms with Gasteiger partial charge in [-0.1, -0.05) is 42.5 Å². The Hall–Kier alpha value is -3.58. The van der Waals surface area contributed by atoms with Crippen LogP contribution in [-0.4, -0.2) is 21.8 Å². The lowest BCUT2D eigenvalue weighted by atomic mass is 10.1. The first-order valence-electron chi connectivity index (χ1n) is 9.83. The van der Waals surface area contributed by atoms with Crippen LogP contribution in [0, 0.1) is 5.82 Å². The third-order valence-corrected chi connectivity index (χ3v) is 5.22. The lowest BCUT2D eigenvalue weighted by Crippen LogP contribution is -2.25. The third kappa shape index (κ3) is 5.96. The Morgan fingerprint density at radius 1 is 0.935 bits per heavy atom. The molecule has 1 heterocycles. The van der Waals surface area contributed by atoms with E-state index in [1.165, 1.54) is 17.7 Å². The Morgan fingerprint density at radius 2 is 1.68 bits per heavy atom. The third-order valence-electron chi connectivity index (χ3n) is 4.59. The molecule has 0 atom stereocenters. The van der Waals surface area contributed by atoms with Crippen LogP contribution in [-0.2, 0) is 12.8 Å². The number of rotatable bonds is 8. The number of halogens is 1. The van der Waals surface area contributed by atoms with Gasteiger partial charge >= 0.3 is 0 Å². The van der Waals surface area contributed by atoms with Gasteiger partial charge in [0, 0.05) is 30.1 Å². The molecule has 0 radical (unpaired) electrons. The van der Waals surface area contributed by atoms with Gasteiger partial charge in [0.2, 0.25) is 0 Å². The van der Waals surface area contributed by atoms with E-state index < -0.39 is 0 Å². The Kier molecular flexibility index (Phi) is 6.64. The SMILES string of the molecule is O=C(NCCc1ccccc1)c1ccc(Oc2nc(Cc3ccc(F)cc3)ns2)cc1. The van der Waals surface area contributed by atoms with Gasteiger partial charge in [0.1, 0.15) is 11.6 Å². The van der Waals surface area contributed by atoms with E-state index in [0.29, 0.717) is 35.3 Å². The molecule has 4 aromatic rings. The number of hydrogen-bond acceptors (Lipinski definition) is 5. The molecule has 1 amide bonds. The van der Waals surface area contributed by atoms with Crippen molar-refractivity contribution >= 4 is 17.4 Å². The highest BCUT2D eigenvalue weighted by molar-refractivity contribution is 7.07. The Balaban J connectivity index is 1.28. The first-order valence-corrected chi connectivity index (χ1v) is 10.6. The summed E-state index contributed by atoms with van der Waals surface area (Å²) >= 11 is 1.15. The number of nitrogens with one attached hydrogen (secondary N) is 1. The average molecular weight is 434 g/mol. The normalized spacial score (nSPS) is 10.6. The van der Waals surface area contributed by atoms with Gasteiger partial charge in [0.05, 0.1) is 0 Å². The molecule has 0 saturated carbocycles. The minimum atomic E-state index is -0.271. The maximum Gasteiger partial charge on any atom is 0.298 e. The molecular weight excluding hydrogens is 413 g/mol. The fourth-order valence-corrected chi connectivity index (χ4v) is 3.55. The summed E-state index contributed by atoms with van der Waals surface area (Å²) in [6.07, 6.45) is 1.29. The molecule has 1 aromatic heterocycles. The number of amides is 1. The molecule has 31 heavy (non-hydrogen) atoms. The van der Waals surface area contributed by atoms with Crippen LogP contribution in [0.5, 0.6) is 10.9 Å². The van der Waals surface area contributed by atoms with Gasteiger partial charge in [-0.25, -0.2) is 4.39 Å². The molecule has 1 N–H and O–H groups in total. The quantitative estimate of drug-likeness (QED) is 0.423. The number of aromatic nitrogens is 2. The van der Waals surface area contributed by atoms with Crippen LogP contribution in [0.15, 0.2) is 78.9 Å². The van der Waals surface area contributed by atoms with Gasteiger partial charge in [0.25, 0.3) is 11.1 Å². The first-order chi connectivity index (χ1) is 15.2. The largest absolute Gasteiger partial charge is 0.430 e. The number of benzene rings is 3. The summed E-state index contributed by atoms with van der Waals surface area (Å²) in [7, 11) is 0. The predicted molar refractivity (Wildman–Crippen MR) is 118 cm³/mol. The zero-order chi connectivity index (χ0) is 21.5. The molecular formula is C24H20FN3O2S. The van der Waals surface area contributed by atoms with Gasteiger partial charge in [0.15, 0.2) is 5.82 Å². The molecule has 0 aliphatic heterocycles. The molecule has 0 unspecified atom stereocenters. The zero-order valence-corrected chi connectivity index (χ0v) is 17.4. The smallest absolute Gasteiger partial charge is 0.298 e. The van der Waals surface area contributed by atoms with Gasteiger partial charge in [-0.05, 0) is 53.9 Å². The highest BCUT2D eigenvalue weighted by Gasteiger charge is 2.09. The predicted octanol–water partition coefficient (Wildman–Crippen LogP) is 5.03. The Bertz CT molecular complexity index is 1130. The second kappa shape index (κ2) is 9.95. The van der Waals surface area contributed by atoms with Gasteiger partial charge in [-0.2, -0.15) is 9.36 Å². The zero-order valence-electron chi connectivity index (χ0n) is 16.6. The monoisotopic (exact) mass is 433 g/mol. The summed E-state index contributed by atoms with van der Waals surface area (Å²) in [6, 6.07) is 23.2. The fraction of sp³-hybridized carbons (Fsp3) is 0.125. The number of carbonyl (C=O) groups excluding carboxylic acids is 1. The van der Waals surface area contributed by atoms with Crippen molar-refractivity contribution in [3.05, 3.63) is 107 Å². The maximum absolute atomic E-state index is 13.0. The van der Waals surface area contributed by atoms with Crippen LogP contribution in [0.4, 0.5) is 4.39 Å². The number of carbonyl (C=O) groups is 1. The summed E-state index contributed by atoms with van der Waals surface area (Å²) in [6.45, 7) is 0.572. The fourth-order valence-electron chi connectivity index (χ4n) is 2.98. The Labute approximate surface area is 183 Å². The van der Waals surface area contributed by atoms with Crippen molar-refractivity contribution in [3.63, 3.8) is 0 Å². The summed E-state index contributed by atoms with van der Waals surface area (Å²) in [5.74, 6) is 0.790. The van der Waals surface area contributed by atoms with E-state index >= 15 is 0 Å². The molecule has 0 bridgehead atoms. The Morgan fingerprint density at radius 3 is 2.42 bits per heavy atom. The van der Waals surface area contributed by atoms with E-state index in [4.69, 9.17) is 4.74 Å². The van der Waals surface area contributed by atoms with Gasteiger partial charge < -0.3 is 10.1 Å². The minimum Gasteiger partial charge on any atom is -0.430 e. The molecule has 7 heteroatoms. The van der Waals surface area contributed by atoms with E-state index in [2.05, 4.69) is 14.7 Å². The summed E-state index contributed by atoms with van der Waals surface area (Å²) in [5, 5.41) is 3.34. The second-order valence-corrected chi connectivity index (χ2v) is 7.61. The van der Waals surface area contributed by atoms with E-state index in [9.17, 15) is 9.18 Å². The molecule has 5 nitrogen and oxygen atoms in total. The van der Waals surface area contributed by atoms with Gasteiger partial charge in [-0.15, -0.1) is 0 Å². The standard InChI is InChI=1S/C24H20FN3O2S/c25-20-10-6-18(7-11-20)16-22-27-24(31-28-22)30-21-12-8-19(9-13-21)23(29)26-15-14-17-4-2-1-3-5-17/h1-13H,14-16H2,(H,26,29). The van der Waals surface area contributed by atoms with Crippen LogP contribution in [0.2, 0.25) is 0 Å².